The van der Waals surface area contributed by atoms with Gasteiger partial charge in [0.1, 0.15) is 0 Å². The molecule has 7 heteroatoms. The first kappa shape index (κ1) is 17.5. The van der Waals surface area contributed by atoms with Crippen LogP contribution in [0.5, 0.6) is 0 Å². The minimum atomic E-state index is -4.29. The number of nitrogens with zero attached hydrogens (tertiary/aromatic N) is 1. The van der Waals surface area contributed by atoms with E-state index in [0.717, 1.165) is 12.1 Å². The van der Waals surface area contributed by atoms with Crippen molar-refractivity contribution in [1.82, 2.24) is 4.90 Å². The van der Waals surface area contributed by atoms with E-state index in [1.807, 2.05) is 0 Å². The Kier molecular flexibility index (Phi) is 4.78. The van der Waals surface area contributed by atoms with Crippen LogP contribution in [0.2, 0.25) is 0 Å². The van der Waals surface area contributed by atoms with Gasteiger partial charge in [-0.1, -0.05) is 6.07 Å². The third-order valence-corrected chi connectivity index (χ3v) is 4.35. The first-order valence-electron chi connectivity index (χ1n) is 7.01. The van der Waals surface area contributed by atoms with Crippen LogP contribution in [0.25, 0.3) is 0 Å². The van der Waals surface area contributed by atoms with Crippen LogP contribution in [0.15, 0.2) is 18.2 Å². The van der Waals surface area contributed by atoms with Crippen molar-refractivity contribution in [2.45, 2.75) is 43.8 Å². The molecule has 1 aliphatic rings. The zero-order valence-corrected chi connectivity index (χ0v) is 13.2. The molecule has 0 amide bonds. The second-order valence-electron chi connectivity index (χ2n) is 6.14. The summed E-state index contributed by atoms with van der Waals surface area (Å²) in [7, 11) is 0. The Hall–Kier alpha value is -0.820. The second-order valence-corrected chi connectivity index (χ2v) is 7.23. The van der Waals surface area contributed by atoms with Crippen LogP contribution in [0.1, 0.15) is 38.3 Å². The summed E-state index contributed by atoms with van der Waals surface area (Å²) in [6.45, 7) is 3.75. The molecule has 2 atom stereocenters. The molecule has 1 nitrogen and oxygen atoms in total. The molecule has 124 valence electrons. The molecule has 1 aromatic carbocycles. The standard InChI is InChI=1S/C15H18F5NS/c1-14(2,22)21-6-5-10(15(18,19)20)8-13(21)9-3-4-11(16)12(17)7-9/h3-4,7,10,13,22H,5-6,8H2,1-2H3/t10-,13+/m1/s1. The van der Waals surface area contributed by atoms with Gasteiger partial charge >= 0.3 is 6.18 Å². The molecule has 0 radical (unpaired) electrons. The van der Waals surface area contributed by atoms with Gasteiger partial charge < -0.3 is 0 Å². The lowest BCUT2D eigenvalue weighted by Gasteiger charge is -2.46. The summed E-state index contributed by atoms with van der Waals surface area (Å²) in [4.78, 5) is 1.14. The zero-order chi connectivity index (χ0) is 16.7. The molecule has 1 heterocycles. The molecule has 1 aliphatic heterocycles. The Morgan fingerprint density at radius 3 is 2.27 bits per heavy atom. The molecular weight excluding hydrogens is 321 g/mol. The van der Waals surface area contributed by atoms with E-state index in [9.17, 15) is 22.0 Å². The largest absolute Gasteiger partial charge is 0.391 e. The second kappa shape index (κ2) is 6.00. The first-order chi connectivity index (χ1) is 10.00. The average molecular weight is 339 g/mol. The van der Waals surface area contributed by atoms with Crippen LogP contribution < -0.4 is 0 Å². The van der Waals surface area contributed by atoms with E-state index in [2.05, 4.69) is 12.6 Å². The molecule has 0 aromatic heterocycles. The van der Waals surface area contributed by atoms with E-state index in [1.54, 1.807) is 18.7 Å². The van der Waals surface area contributed by atoms with Crippen molar-refractivity contribution in [3.63, 3.8) is 0 Å². The molecule has 1 fully saturated rings. The maximum atomic E-state index is 13.5. The highest BCUT2D eigenvalue weighted by atomic mass is 32.1. The molecule has 1 aromatic rings. The Morgan fingerprint density at radius 1 is 1.14 bits per heavy atom. The predicted octanol–water partition coefficient (Wildman–Crippen LogP) is 4.95. The summed E-state index contributed by atoms with van der Waals surface area (Å²) in [5.41, 5.74) is 0.343. The molecule has 0 saturated carbocycles. The fourth-order valence-corrected chi connectivity index (χ4v) is 3.19. The fourth-order valence-electron chi connectivity index (χ4n) is 2.95. The Bertz CT molecular complexity index is 538. The zero-order valence-electron chi connectivity index (χ0n) is 12.3. The van der Waals surface area contributed by atoms with Gasteiger partial charge in [-0.25, -0.2) is 8.78 Å². The normalized spacial score (nSPS) is 24.5. The van der Waals surface area contributed by atoms with Gasteiger partial charge in [-0.15, -0.1) is 0 Å². The Labute approximate surface area is 131 Å². The van der Waals surface area contributed by atoms with Crippen LogP contribution in [0.4, 0.5) is 22.0 Å². The summed E-state index contributed by atoms with van der Waals surface area (Å²) >= 11 is 4.43. The van der Waals surface area contributed by atoms with Crippen molar-refractivity contribution in [3.05, 3.63) is 35.4 Å². The van der Waals surface area contributed by atoms with Crippen molar-refractivity contribution >= 4 is 12.6 Å². The average Bonchev–Trinajstić information content (AvgIpc) is 2.39. The molecule has 1 saturated heterocycles. The van der Waals surface area contributed by atoms with E-state index in [0.29, 0.717) is 5.56 Å². The number of benzene rings is 1. The van der Waals surface area contributed by atoms with Crippen LogP contribution >= 0.6 is 12.6 Å². The Morgan fingerprint density at radius 2 is 1.77 bits per heavy atom. The monoisotopic (exact) mass is 339 g/mol. The number of piperidine rings is 1. The molecule has 0 bridgehead atoms. The van der Waals surface area contributed by atoms with E-state index in [1.165, 1.54) is 6.07 Å². The fraction of sp³-hybridized carbons (Fsp3) is 0.600. The molecule has 0 N–H and O–H groups in total. The van der Waals surface area contributed by atoms with Crippen molar-refractivity contribution in [1.29, 1.82) is 0 Å². The topological polar surface area (TPSA) is 3.24 Å². The molecule has 0 spiro atoms. The highest BCUT2D eigenvalue weighted by Crippen LogP contribution is 2.45. The number of hydrogen-bond donors (Lipinski definition) is 1. The van der Waals surface area contributed by atoms with Gasteiger partial charge in [-0.3, -0.25) is 4.90 Å². The minimum absolute atomic E-state index is 0.0202. The van der Waals surface area contributed by atoms with E-state index < -0.39 is 34.6 Å². The Balaban J connectivity index is 2.37. The lowest BCUT2D eigenvalue weighted by Crippen LogP contribution is -2.48. The van der Waals surface area contributed by atoms with Gasteiger partial charge in [-0.2, -0.15) is 25.8 Å². The number of thiol groups is 1. The van der Waals surface area contributed by atoms with Gasteiger partial charge in [0, 0.05) is 12.6 Å². The molecule has 22 heavy (non-hydrogen) atoms. The first-order valence-corrected chi connectivity index (χ1v) is 7.45. The summed E-state index contributed by atoms with van der Waals surface area (Å²) in [6.07, 6.45) is -4.49. The summed E-state index contributed by atoms with van der Waals surface area (Å²) in [6, 6.07) is 2.62. The van der Waals surface area contributed by atoms with Gasteiger partial charge in [0.15, 0.2) is 11.6 Å². The maximum Gasteiger partial charge on any atom is 0.391 e. The molecule has 2 rings (SSSR count). The van der Waals surface area contributed by atoms with Crippen molar-refractivity contribution in [2.75, 3.05) is 6.54 Å². The van der Waals surface area contributed by atoms with E-state index in [-0.39, 0.29) is 19.4 Å². The van der Waals surface area contributed by atoms with Crippen LogP contribution in [-0.2, 0) is 0 Å². The summed E-state index contributed by atoms with van der Waals surface area (Å²) < 4.78 is 65.6. The van der Waals surface area contributed by atoms with E-state index in [4.69, 9.17) is 0 Å². The predicted molar refractivity (Wildman–Crippen MR) is 77.6 cm³/mol. The molecular formula is C15H18F5NS. The van der Waals surface area contributed by atoms with Crippen molar-refractivity contribution in [2.24, 2.45) is 5.92 Å². The lowest BCUT2D eigenvalue weighted by atomic mass is 9.85. The summed E-state index contributed by atoms with van der Waals surface area (Å²) in [5, 5.41) is 0. The SMILES string of the molecule is CC(C)(S)N1CC[C@@H](C(F)(F)F)C[C@H]1c1ccc(F)c(F)c1. The van der Waals surface area contributed by atoms with Crippen molar-refractivity contribution in [3.8, 4) is 0 Å². The highest BCUT2D eigenvalue weighted by molar-refractivity contribution is 7.81. The minimum Gasteiger partial charge on any atom is -0.282 e. The van der Waals surface area contributed by atoms with Gasteiger partial charge in [0.05, 0.1) is 10.8 Å². The maximum absolute atomic E-state index is 13.5. The van der Waals surface area contributed by atoms with E-state index >= 15 is 0 Å². The molecule has 0 aliphatic carbocycles. The highest BCUT2D eigenvalue weighted by Gasteiger charge is 2.46. The smallest absolute Gasteiger partial charge is 0.282 e. The van der Waals surface area contributed by atoms with Crippen LogP contribution in [0, 0.1) is 17.6 Å². The van der Waals surface area contributed by atoms with Gasteiger partial charge in [0.25, 0.3) is 0 Å². The number of halogens is 5. The molecule has 0 unspecified atom stereocenters. The van der Waals surface area contributed by atoms with Crippen LogP contribution in [0.3, 0.4) is 0 Å². The summed E-state index contributed by atoms with van der Waals surface area (Å²) in [5.74, 6) is -3.51. The number of hydrogen-bond acceptors (Lipinski definition) is 2. The number of alkyl halides is 3. The lowest BCUT2D eigenvalue weighted by molar-refractivity contribution is -0.192. The number of rotatable bonds is 2. The quantitative estimate of drug-likeness (QED) is 0.590. The van der Waals surface area contributed by atoms with Gasteiger partial charge in [-0.05, 0) is 44.4 Å². The number of likely N-dealkylation sites (tertiary alicyclic amines) is 1. The third-order valence-electron chi connectivity index (χ3n) is 4.10. The third kappa shape index (κ3) is 3.74. The van der Waals surface area contributed by atoms with Crippen molar-refractivity contribution < 1.29 is 22.0 Å². The van der Waals surface area contributed by atoms with Gasteiger partial charge in [0.2, 0.25) is 0 Å². The van der Waals surface area contributed by atoms with Crippen LogP contribution in [-0.4, -0.2) is 22.5 Å².